The molecule has 1 aromatic heterocycles. The summed E-state index contributed by atoms with van der Waals surface area (Å²) >= 11 is 0. The van der Waals surface area contributed by atoms with E-state index >= 15 is 0 Å². The van der Waals surface area contributed by atoms with Gasteiger partial charge in [0.15, 0.2) is 6.10 Å². The van der Waals surface area contributed by atoms with E-state index in [0.29, 0.717) is 19.8 Å². The molecule has 0 spiro atoms. The van der Waals surface area contributed by atoms with Crippen LogP contribution in [-0.2, 0) is 23.1 Å². The van der Waals surface area contributed by atoms with E-state index in [-0.39, 0.29) is 6.10 Å². The van der Waals surface area contributed by atoms with Crippen LogP contribution >= 0.6 is 0 Å². The molecule has 0 atom stereocenters. The van der Waals surface area contributed by atoms with Gasteiger partial charge in [0.1, 0.15) is 0 Å². The quantitative estimate of drug-likeness (QED) is 0.901. The molecular weight excluding hydrogens is 246 g/mol. The number of nitrogens with zero attached hydrogens (tertiary/aromatic N) is 2. The van der Waals surface area contributed by atoms with Gasteiger partial charge in [0.05, 0.1) is 31.0 Å². The minimum absolute atomic E-state index is 0.111. The minimum atomic E-state index is -0.428. The lowest BCUT2D eigenvalue weighted by atomic mass is 10.2. The van der Waals surface area contributed by atoms with Crippen LogP contribution in [0.15, 0.2) is 24.3 Å². The molecule has 2 heterocycles. The number of hydrogen-bond acceptors (Lipinski definition) is 4. The van der Waals surface area contributed by atoms with E-state index in [1.54, 1.807) is 4.68 Å². The largest absolute Gasteiger partial charge is 0.441 e. The molecule has 1 fully saturated rings. The Morgan fingerprint density at radius 3 is 3.05 bits per heavy atom. The monoisotopic (exact) mass is 261 g/mol. The standard InChI is InChI=1S/C13H15N3O3/c1-16-12-5-3-2-4-10(12)11(15-16)6-14-13(17)19-9-7-18-8-9/h2-5,9H,6-8H2,1H3,(H,14,17). The normalized spacial score (nSPS) is 15.2. The van der Waals surface area contributed by atoms with Crippen molar-refractivity contribution >= 4 is 17.0 Å². The molecule has 100 valence electrons. The molecule has 0 radical (unpaired) electrons. The number of carbonyl (C=O) groups is 1. The number of hydrogen-bond donors (Lipinski definition) is 1. The van der Waals surface area contributed by atoms with Crippen LogP contribution in [0, 0.1) is 0 Å². The van der Waals surface area contributed by atoms with E-state index in [1.165, 1.54) is 0 Å². The fraction of sp³-hybridized carbons (Fsp3) is 0.385. The van der Waals surface area contributed by atoms with Gasteiger partial charge in [0.25, 0.3) is 0 Å². The number of alkyl carbamates (subject to hydrolysis) is 1. The number of aryl methyl sites for hydroxylation is 1. The minimum Gasteiger partial charge on any atom is -0.441 e. The van der Waals surface area contributed by atoms with Gasteiger partial charge in [-0.3, -0.25) is 4.68 Å². The molecular formula is C13H15N3O3. The zero-order chi connectivity index (χ0) is 13.2. The molecule has 6 nitrogen and oxygen atoms in total. The molecule has 2 aromatic rings. The smallest absolute Gasteiger partial charge is 0.407 e. The molecule has 1 N–H and O–H groups in total. The first-order chi connectivity index (χ1) is 9.24. The average Bonchev–Trinajstić information content (AvgIpc) is 2.69. The van der Waals surface area contributed by atoms with Crippen molar-refractivity contribution in [1.82, 2.24) is 15.1 Å². The van der Waals surface area contributed by atoms with Gasteiger partial charge in [-0.25, -0.2) is 4.79 Å². The number of carbonyl (C=O) groups excluding carboxylic acids is 1. The second-order valence-corrected chi connectivity index (χ2v) is 4.51. The molecule has 1 amide bonds. The zero-order valence-electron chi connectivity index (χ0n) is 10.6. The molecule has 0 aliphatic carbocycles. The summed E-state index contributed by atoms with van der Waals surface area (Å²) in [7, 11) is 1.88. The third kappa shape index (κ3) is 2.39. The van der Waals surface area contributed by atoms with Gasteiger partial charge in [-0.15, -0.1) is 0 Å². The Hall–Kier alpha value is -2.08. The summed E-state index contributed by atoms with van der Waals surface area (Å²) in [6, 6.07) is 7.91. The maximum Gasteiger partial charge on any atom is 0.407 e. The van der Waals surface area contributed by atoms with E-state index < -0.39 is 6.09 Å². The summed E-state index contributed by atoms with van der Waals surface area (Å²) in [5.41, 5.74) is 1.87. The Labute approximate surface area is 110 Å². The molecule has 1 aliphatic heterocycles. The first-order valence-corrected chi connectivity index (χ1v) is 6.17. The van der Waals surface area contributed by atoms with Crippen molar-refractivity contribution in [3.63, 3.8) is 0 Å². The van der Waals surface area contributed by atoms with Gasteiger partial charge in [0, 0.05) is 12.4 Å². The Kier molecular flexibility index (Phi) is 3.08. The average molecular weight is 261 g/mol. The Morgan fingerprint density at radius 2 is 2.32 bits per heavy atom. The van der Waals surface area contributed by atoms with Crippen molar-refractivity contribution in [2.75, 3.05) is 13.2 Å². The van der Waals surface area contributed by atoms with Crippen molar-refractivity contribution in [2.45, 2.75) is 12.6 Å². The number of benzene rings is 1. The van der Waals surface area contributed by atoms with E-state index in [4.69, 9.17) is 9.47 Å². The van der Waals surface area contributed by atoms with Crippen LogP contribution in [0.25, 0.3) is 10.9 Å². The number of para-hydroxylation sites is 1. The molecule has 3 rings (SSSR count). The topological polar surface area (TPSA) is 65.4 Å². The third-order valence-corrected chi connectivity index (χ3v) is 3.12. The van der Waals surface area contributed by atoms with Crippen LogP contribution in [0.3, 0.4) is 0 Å². The van der Waals surface area contributed by atoms with Gasteiger partial charge < -0.3 is 14.8 Å². The first kappa shape index (κ1) is 12.0. The van der Waals surface area contributed by atoms with Gasteiger partial charge in [0.2, 0.25) is 0 Å². The van der Waals surface area contributed by atoms with Crippen LogP contribution in [0.1, 0.15) is 5.69 Å². The summed E-state index contributed by atoms with van der Waals surface area (Å²) in [6.07, 6.45) is -0.538. The second kappa shape index (κ2) is 4.89. The highest BCUT2D eigenvalue weighted by Gasteiger charge is 2.22. The lowest BCUT2D eigenvalue weighted by molar-refractivity contribution is -0.0980. The van der Waals surface area contributed by atoms with Crippen LogP contribution in [0.5, 0.6) is 0 Å². The molecule has 6 heteroatoms. The lowest BCUT2D eigenvalue weighted by Crippen LogP contribution is -2.40. The van der Waals surface area contributed by atoms with Crippen LogP contribution in [0.4, 0.5) is 4.79 Å². The number of aromatic nitrogens is 2. The predicted molar refractivity (Wildman–Crippen MR) is 68.6 cm³/mol. The molecule has 0 saturated carbocycles. The van der Waals surface area contributed by atoms with Crippen LogP contribution in [-0.4, -0.2) is 35.2 Å². The Morgan fingerprint density at radius 1 is 1.53 bits per heavy atom. The third-order valence-electron chi connectivity index (χ3n) is 3.12. The van der Waals surface area contributed by atoms with Crippen molar-refractivity contribution in [1.29, 1.82) is 0 Å². The maximum absolute atomic E-state index is 11.5. The van der Waals surface area contributed by atoms with Crippen molar-refractivity contribution < 1.29 is 14.3 Å². The van der Waals surface area contributed by atoms with Gasteiger partial charge in [-0.05, 0) is 6.07 Å². The molecule has 0 bridgehead atoms. The van der Waals surface area contributed by atoms with Crippen LogP contribution in [0.2, 0.25) is 0 Å². The van der Waals surface area contributed by atoms with E-state index in [1.807, 2.05) is 31.3 Å². The number of rotatable bonds is 3. The van der Waals surface area contributed by atoms with Crippen molar-refractivity contribution in [2.24, 2.45) is 7.05 Å². The first-order valence-electron chi connectivity index (χ1n) is 6.17. The Balaban J connectivity index is 1.66. The zero-order valence-corrected chi connectivity index (χ0v) is 10.6. The number of ether oxygens (including phenoxy) is 2. The predicted octanol–water partition coefficient (Wildman–Crippen LogP) is 1.20. The number of amides is 1. The summed E-state index contributed by atoms with van der Waals surface area (Å²) < 4.78 is 11.9. The lowest BCUT2D eigenvalue weighted by Gasteiger charge is -2.25. The highest BCUT2D eigenvalue weighted by molar-refractivity contribution is 5.82. The van der Waals surface area contributed by atoms with Gasteiger partial charge in [-0.2, -0.15) is 5.10 Å². The summed E-state index contributed by atoms with van der Waals surface area (Å²) in [6.45, 7) is 1.33. The molecule has 1 aromatic carbocycles. The van der Waals surface area contributed by atoms with Crippen molar-refractivity contribution in [3.8, 4) is 0 Å². The van der Waals surface area contributed by atoms with Crippen molar-refractivity contribution in [3.05, 3.63) is 30.0 Å². The fourth-order valence-corrected chi connectivity index (χ4v) is 2.05. The Bertz CT molecular complexity index is 604. The molecule has 1 aliphatic rings. The highest BCUT2D eigenvalue weighted by atomic mass is 16.6. The molecule has 0 unspecified atom stereocenters. The number of fused-ring (bicyclic) bond motifs is 1. The van der Waals surface area contributed by atoms with Crippen LogP contribution < -0.4 is 5.32 Å². The van der Waals surface area contributed by atoms with Gasteiger partial charge in [-0.1, -0.05) is 18.2 Å². The van der Waals surface area contributed by atoms with E-state index in [2.05, 4.69) is 10.4 Å². The van der Waals surface area contributed by atoms with E-state index in [0.717, 1.165) is 16.6 Å². The molecule has 19 heavy (non-hydrogen) atoms. The second-order valence-electron chi connectivity index (χ2n) is 4.51. The fourth-order valence-electron chi connectivity index (χ4n) is 2.05. The molecule has 1 saturated heterocycles. The SMILES string of the molecule is Cn1nc(CNC(=O)OC2COC2)c2ccccc21. The summed E-state index contributed by atoms with van der Waals surface area (Å²) in [5.74, 6) is 0. The summed E-state index contributed by atoms with van der Waals surface area (Å²) in [4.78, 5) is 11.5. The number of nitrogens with one attached hydrogen (secondary N) is 1. The maximum atomic E-state index is 11.5. The summed E-state index contributed by atoms with van der Waals surface area (Å²) in [5, 5.41) is 8.15. The van der Waals surface area contributed by atoms with E-state index in [9.17, 15) is 4.79 Å². The van der Waals surface area contributed by atoms with Gasteiger partial charge >= 0.3 is 6.09 Å². The highest BCUT2D eigenvalue weighted by Crippen LogP contribution is 2.17.